The third-order valence-electron chi connectivity index (χ3n) is 3.79. The third-order valence-corrected chi connectivity index (χ3v) is 4.02. The first-order chi connectivity index (χ1) is 12.4. The molecule has 5 nitrogen and oxygen atoms in total. The van der Waals surface area contributed by atoms with Crippen molar-refractivity contribution in [1.82, 2.24) is 0 Å². The molecule has 0 aliphatic heterocycles. The van der Waals surface area contributed by atoms with E-state index in [9.17, 15) is 9.59 Å². The average Bonchev–Trinajstić information content (AvgIpc) is 2.50. The first-order valence-electron chi connectivity index (χ1n) is 9.23. The van der Waals surface area contributed by atoms with E-state index in [2.05, 4.69) is 0 Å². The largest absolute Gasteiger partial charge is 0.486 e. The van der Waals surface area contributed by atoms with Crippen LogP contribution in [-0.4, -0.2) is 29.7 Å². The molecule has 0 fully saturated rings. The Balaban J connectivity index is 2.67. The minimum Gasteiger partial charge on any atom is -0.486 e. The van der Waals surface area contributed by atoms with Crippen molar-refractivity contribution in [1.29, 1.82) is 0 Å². The Bertz CT molecular complexity index is 636. The summed E-state index contributed by atoms with van der Waals surface area (Å²) >= 11 is 6.00. The van der Waals surface area contributed by atoms with Gasteiger partial charge < -0.3 is 14.2 Å². The van der Waals surface area contributed by atoms with Crippen molar-refractivity contribution in [2.24, 2.45) is 11.8 Å². The lowest BCUT2D eigenvalue weighted by Crippen LogP contribution is -2.39. The van der Waals surface area contributed by atoms with E-state index in [0.717, 1.165) is 0 Å². The summed E-state index contributed by atoms with van der Waals surface area (Å²) in [5, 5.41) is 0.575. The van der Waals surface area contributed by atoms with Gasteiger partial charge in [0.25, 0.3) is 0 Å². The molecule has 1 aromatic rings. The second kappa shape index (κ2) is 9.98. The zero-order chi connectivity index (χ0) is 20.8. The fourth-order valence-electron chi connectivity index (χ4n) is 2.55. The normalized spacial score (nSPS) is 15.0. The van der Waals surface area contributed by atoms with Gasteiger partial charge in [-0.15, -0.1) is 0 Å². The van der Waals surface area contributed by atoms with E-state index in [1.807, 2.05) is 13.8 Å². The van der Waals surface area contributed by atoms with Gasteiger partial charge in [-0.05, 0) is 51.8 Å². The minimum atomic E-state index is -0.596. The molecule has 1 rings (SSSR count). The first kappa shape index (κ1) is 23.3. The summed E-state index contributed by atoms with van der Waals surface area (Å²) in [5.74, 6) is -0.746. The van der Waals surface area contributed by atoms with Crippen LogP contribution in [0, 0.1) is 11.8 Å². The van der Waals surface area contributed by atoms with Crippen LogP contribution in [0.25, 0.3) is 0 Å². The molecule has 6 heteroatoms. The molecule has 0 spiro atoms. The fraction of sp³-hybridized carbons (Fsp3) is 0.619. The number of ether oxygens (including phenoxy) is 3. The van der Waals surface area contributed by atoms with Crippen LogP contribution in [0.15, 0.2) is 24.3 Å². The Morgan fingerprint density at radius 2 is 1.74 bits per heavy atom. The van der Waals surface area contributed by atoms with Crippen LogP contribution in [-0.2, 0) is 19.1 Å². The highest BCUT2D eigenvalue weighted by molar-refractivity contribution is 6.30. The zero-order valence-corrected chi connectivity index (χ0v) is 18.0. The van der Waals surface area contributed by atoms with Gasteiger partial charge in [-0.3, -0.25) is 9.59 Å². The number of esters is 2. The van der Waals surface area contributed by atoms with Crippen molar-refractivity contribution in [2.75, 3.05) is 0 Å². The summed E-state index contributed by atoms with van der Waals surface area (Å²) in [6.45, 7) is 12.8. The second-order valence-corrected chi connectivity index (χ2v) is 8.55. The molecule has 0 aromatic heterocycles. The predicted molar refractivity (Wildman–Crippen MR) is 106 cm³/mol. The summed E-state index contributed by atoms with van der Waals surface area (Å²) in [7, 11) is 0. The summed E-state index contributed by atoms with van der Waals surface area (Å²) in [6.07, 6.45) is -0.858. The van der Waals surface area contributed by atoms with E-state index in [4.69, 9.17) is 25.8 Å². The van der Waals surface area contributed by atoms with Crippen LogP contribution in [0.5, 0.6) is 5.75 Å². The molecular weight excluding hydrogens is 368 g/mol. The molecule has 0 amide bonds. The standard InChI is InChI=1S/C21H31ClO5/c1-13(2)19(26-17-10-8-9-16(22)12-17)15(4)25-20(24)14(3)11-18(23)27-21(5,6)7/h8-10,12-15,19H,11H2,1-7H3/t14-,15+,19+/m1/s1. The molecule has 0 aliphatic carbocycles. The molecule has 0 unspecified atom stereocenters. The first-order valence-corrected chi connectivity index (χ1v) is 9.61. The Kier molecular flexibility index (Phi) is 8.60. The second-order valence-electron chi connectivity index (χ2n) is 8.12. The van der Waals surface area contributed by atoms with Crippen LogP contribution in [0.2, 0.25) is 5.02 Å². The lowest BCUT2D eigenvalue weighted by molar-refractivity contribution is -0.165. The molecule has 0 heterocycles. The smallest absolute Gasteiger partial charge is 0.309 e. The van der Waals surface area contributed by atoms with Gasteiger partial charge >= 0.3 is 11.9 Å². The van der Waals surface area contributed by atoms with Crippen molar-refractivity contribution in [2.45, 2.75) is 72.7 Å². The van der Waals surface area contributed by atoms with Gasteiger partial charge in [0, 0.05) is 5.02 Å². The summed E-state index contributed by atoms with van der Waals surface area (Å²) in [4.78, 5) is 24.3. The maximum absolute atomic E-state index is 12.4. The Labute approximate surface area is 167 Å². The Morgan fingerprint density at radius 1 is 1.11 bits per heavy atom. The number of halogens is 1. The van der Waals surface area contributed by atoms with E-state index < -0.39 is 29.6 Å². The van der Waals surface area contributed by atoms with Crippen LogP contribution in [0.4, 0.5) is 0 Å². The number of rotatable bonds is 8. The number of benzene rings is 1. The van der Waals surface area contributed by atoms with E-state index in [1.165, 1.54) is 0 Å². The third kappa shape index (κ3) is 8.65. The van der Waals surface area contributed by atoms with E-state index >= 15 is 0 Å². The maximum Gasteiger partial charge on any atom is 0.309 e. The van der Waals surface area contributed by atoms with Gasteiger partial charge in [-0.25, -0.2) is 0 Å². The molecule has 0 saturated carbocycles. The summed E-state index contributed by atoms with van der Waals surface area (Å²) in [6, 6.07) is 7.09. The van der Waals surface area contributed by atoms with Gasteiger partial charge in [0.1, 0.15) is 23.6 Å². The molecule has 152 valence electrons. The highest BCUT2D eigenvalue weighted by Gasteiger charge is 2.29. The molecule has 0 bridgehead atoms. The highest BCUT2D eigenvalue weighted by atomic mass is 35.5. The fourth-order valence-corrected chi connectivity index (χ4v) is 2.73. The van der Waals surface area contributed by atoms with Gasteiger partial charge in [-0.1, -0.05) is 38.4 Å². The van der Waals surface area contributed by atoms with E-state index in [-0.39, 0.29) is 18.4 Å². The van der Waals surface area contributed by atoms with E-state index in [1.54, 1.807) is 58.9 Å². The van der Waals surface area contributed by atoms with Crippen molar-refractivity contribution < 1.29 is 23.8 Å². The molecule has 3 atom stereocenters. The van der Waals surface area contributed by atoms with Gasteiger partial charge in [-0.2, -0.15) is 0 Å². The van der Waals surface area contributed by atoms with E-state index in [0.29, 0.717) is 10.8 Å². The number of hydrogen-bond donors (Lipinski definition) is 0. The number of carbonyl (C=O) groups is 2. The van der Waals surface area contributed by atoms with Crippen LogP contribution in [0.3, 0.4) is 0 Å². The lowest BCUT2D eigenvalue weighted by Gasteiger charge is -2.29. The predicted octanol–water partition coefficient (Wildman–Crippen LogP) is 5.04. The van der Waals surface area contributed by atoms with Gasteiger partial charge in [0.2, 0.25) is 0 Å². The summed E-state index contributed by atoms with van der Waals surface area (Å²) < 4.78 is 16.8. The van der Waals surface area contributed by atoms with Crippen LogP contribution in [0.1, 0.15) is 54.9 Å². The van der Waals surface area contributed by atoms with Crippen molar-refractivity contribution in [3.8, 4) is 5.75 Å². The molecule has 27 heavy (non-hydrogen) atoms. The average molecular weight is 399 g/mol. The number of hydrogen-bond acceptors (Lipinski definition) is 5. The van der Waals surface area contributed by atoms with Crippen LogP contribution >= 0.6 is 11.6 Å². The van der Waals surface area contributed by atoms with Gasteiger partial charge in [0.05, 0.1) is 12.3 Å². The Hall–Kier alpha value is -1.75. The Morgan fingerprint density at radius 3 is 2.26 bits per heavy atom. The molecule has 0 aliphatic rings. The topological polar surface area (TPSA) is 61.8 Å². The van der Waals surface area contributed by atoms with Crippen LogP contribution < -0.4 is 4.74 Å². The van der Waals surface area contributed by atoms with Crippen molar-refractivity contribution in [3.05, 3.63) is 29.3 Å². The minimum absolute atomic E-state index is 0.0235. The SMILES string of the molecule is CC(C)[C@H](Oc1cccc(Cl)c1)[C@H](C)OC(=O)[C@H](C)CC(=O)OC(C)(C)C. The molecule has 0 N–H and O–H groups in total. The molecule has 0 saturated heterocycles. The highest BCUT2D eigenvalue weighted by Crippen LogP contribution is 2.23. The quantitative estimate of drug-likeness (QED) is 0.574. The van der Waals surface area contributed by atoms with Crippen molar-refractivity contribution >= 4 is 23.5 Å². The number of carbonyl (C=O) groups excluding carboxylic acids is 2. The van der Waals surface area contributed by atoms with Crippen molar-refractivity contribution in [3.63, 3.8) is 0 Å². The molecule has 1 aromatic carbocycles. The maximum atomic E-state index is 12.4. The monoisotopic (exact) mass is 398 g/mol. The summed E-state index contributed by atoms with van der Waals surface area (Å²) in [5.41, 5.74) is -0.582. The van der Waals surface area contributed by atoms with Gasteiger partial charge in [0.15, 0.2) is 0 Å². The zero-order valence-electron chi connectivity index (χ0n) is 17.2. The molecular formula is C21H31ClO5. The lowest BCUT2D eigenvalue weighted by atomic mass is 10.0. The molecule has 0 radical (unpaired) electrons.